The molecule has 7 heteroatoms. The summed E-state index contributed by atoms with van der Waals surface area (Å²) in [6.45, 7) is 3.57. The Balaban J connectivity index is 1.47. The van der Waals surface area contributed by atoms with E-state index >= 15 is 0 Å². The molecule has 2 aromatic heterocycles. The van der Waals surface area contributed by atoms with Gasteiger partial charge in [-0.3, -0.25) is 4.90 Å². The van der Waals surface area contributed by atoms with Gasteiger partial charge in [-0.05, 0) is 17.9 Å². The highest BCUT2D eigenvalue weighted by molar-refractivity contribution is 8.00. The molecule has 0 aromatic carbocycles. The monoisotopic (exact) mass is 323 g/mol. The highest BCUT2D eigenvalue weighted by Gasteiger charge is 2.35. The number of hydrogen-bond donors (Lipinski definition) is 0. The molecular weight excluding hydrogens is 306 g/mol. The number of hydrogen-bond acceptors (Lipinski definition) is 7. The maximum absolute atomic E-state index is 5.82. The fourth-order valence-corrected chi connectivity index (χ4v) is 4.96. The van der Waals surface area contributed by atoms with E-state index in [1.807, 2.05) is 29.3 Å². The van der Waals surface area contributed by atoms with E-state index in [1.54, 1.807) is 11.3 Å². The molecule has 0 spiro atoms. The van der Waals surface area contributed by atoms with E-state index in [0.29, 0.717) is 17.2 Å². The Kier molecular flexibility index (Phi) is 3.98. The van der Waals surface area contributed by atoms with Gasteiger partial charge in [0, 0.05) is 30.2 Å². The van der Waals surface area contributed by atoms with Gasteiger partial charge in [-0.2, -0.15) is 11.8 Å². The van der Waals surface area contributed by atoms with Crippen LogP contribution in [0.15, 0.2) is 21.9 Å². The van der Waals surface area contributed by atoms with Crippen molar-refractivity contribution in [2.45, 2.75) is 24.3 Å². The topological polar surface area (TPSA) is 51.4 Å². The SMILES string of the molecule is c1csc(-c2nnc(CN3CCSC4COCCC43)o2)c1. The van der Waals surface area contributed by atoms with Gasteiger partial charge in [-0.15, -0.1) is 21.5 Å². The third kappa shape index (κ3) is 2.88. The lowest BCUT2D eigenvalue weighted by Gasteiger charge is -2.42. The molecule has 21 heavy (non-hydrogen) atoms. The number of rotatable bonds is 3. The molecule has 0 radical (unpaired) electrons. The van der Waals surface area contributed by atoms with E-state index in [0.717, 1.165) is 49.2 Å². The second-order valence-corrected chi connectivity index (χ2v) is 7.58. The normalized spacial score (nSPS) is 26.7. The van der Waals surface area contributed by atoms with Crippen molar-refractivity contribution >= 4 is 23.1 Å². The first-order valence-corrected chi connectivity index (χ1v) is 9.12. The van der Waals surface area contributed by atoms with E-state index < -0.39 is 0 Å². The molecule has 2 atom stereocenters. The first-order chi connectivity index (χ1) is 10.4. The summed E-state index contributed by atoms with van der Waals surface area (Å²) >= 11 is 3.66. The van der Waals surface area contributed by atoms with Crippen LogP contribution in [0.4, 0.5) is 0 Å². The van der Waals surface area contributed by atoms with Gasteiger partial charge in [0.15, 0.2) is 0 Å². The van der Waals surface area contributed by atoms with Crippen LogP contribution in [0.2, 0.25) is 0 Å². The van der Waals surface area contributed by atoms with Crippen molar-refractivity contribution < 1.29 is 9.15 Å². The number of nitrogens with zero attached hydrogens (tertiary/aromatic N) is 3. The predicted molar refractivity (Wildman–Crippen MR) is 83.5 cm³/mol. The zero-order valence-corrected chi connectivity index (χ0v) is 13.2. The van der Waals surface area contributed by atoms with Gasteiger partial charge >= 0.3 is 0 Å². The molecule has 0 aliphatic carbocycles. The van der Waals surface area contributed by atoms with Crippen molar-refractivity contribution in [1.82, 2.24) is 15.1 Å². The summed E-state index contributed by atoms with van der Waals surface area (Å²) in [6.07, 6.45) is 1.10. The van der Waals surface area contributed by atoms with Gasteiger partial charge in [0.2, 0.25) is 5.89 Å². The number of thiophene rings is 1. The fourth-order valence-electron chi connectivity index (χ4n) is 2.95. The fraction of sp³-hybridized carbons (Fsp3) is 0.571. The molecule has 112 valence electrons. The average molecular weight is 323 g/mol. The second-order valence-electron chi connectivity index (χ2n) is 5.29. The third-order valence-electron chi connectivity index (χ3n) is 3.99. The summed E-state index contributed by atoms with van der Waals surface area (Å²) in [5, 5.41) is 11.0. The number of fused-ring (bicyclic) bond motifs is 1. The van der Waals surface area contributed by atoms with Gasteiger partial charge in [0.1, 0.15) is 0 Å². The van der Waals surface area contributed by atoms with Crippen LogP contribution >= 0.6 is 23.1 Å². The summed E-state index contributed by atoms with van der Waals surface area (Å²) in [4.78, 5) is 3.52. The summed E-state index contributed by atoms with van der Waals surface area (Å²) in [5.74, 6) is 2.50. The Morgan fingerprint density at radius 3 is 3.29 bits per heavy atom. The maximum atomic E-state index is 5.82. The van der Waals surface area contributed by atoms with Gasteiger partial charge in [-0.25, -0.2) is 0 Å². The number of ether oxygens (including phenoxy) is 1. The minimum atomic E-state index is 0.578. The Morgan fingerprint density at radius 2 is 2.38 bits per heavy atom. The van der Waals surface area contributed by atoms with Crippen molar-refractivity contribution in [3.63, 3.8) is 0 Å². The lowest BCUT2D eigenvalue weighted by Crippen LogP contribution is -2.51. The van der Waals surface area contributed by atoms with Gasteiger partial charge < -0.3 is 9.15 Å². The predicted octanol–water partition coefficient (Wildman–Crippen LogP) is 2.50. The lowest BCUT2D eigenvalue weighted by molar-refractivity contribution is 0.0322. The molecule has 2 aliphatic heterocycles. The molecule has 5 nitrogen and oxygen atoms in total. The first kappa shape index (κ1) is 13.8. The Bertz CT molecular complexity index is 585. The zero-order chi connectivity index (χ0) is 14.1. The Morgan fingerprint density at radius 1 is 1.38 bits per heavy atom. The van der Waals surface area contributed by atoms with E-state index in [4.69, 9.17) is 9.15 Å². The third-order valence-corrected chi connectivity index (χ3v) is 6.14. The van der Waals surface area contributed by atoms with Crippen LogP contribution in [0.5, 0.6) is 0 Å². The van der Waals surface area contributed by atoms with Crippen LogP contribution in [0, 0.1) is 0 Å². The molecule has 2 aromatic rings. The van der Waals surface area contributed by atoms with E-state index in [1.165, 1.54) is 0 Å². The quantitative estimate of drug-likeness (QED) is 0.865. The standard InChI is InChI=1S/C14H17N3O2S2/c1-2-11(20-6-1)14-16-15-13(19-14)8-17-4-7-21-12-9-18-5-3-10(12)17/h1-2,6,10,12H,3-5,7-9H2. The lowest BCUT2D eigenvalue weighted by atomic mass is 10.1. The summed E-state index contributed by atoms with van der Waals surface area (Å²) < 4.78 is 11.4. The summed E-state index contributed by atoms with van der Waals surface area (Å²) in [6, 6.07) is 4.58. The molecule has 2 fully saturated rings. The molecule has 4 rings (SSSR count). The highest BCUT2D eigenvalue weighted by Crippen LogP contribution is 2.31. The first-order valence-electron chi connectivity index (χ1n) is 7.20. The minimum absolute atomic E-state index is 0.578. The zero-order valence-electron chi connectivity index (χ0n) is 11.6. The Hall–Kier alpha value is -0.890. The molecule has 0 N–H and O–H groups in total. The van der Waals surface area contributed by atoms with Crippen molar-refractivity contribution in [3.05, 3.63) is 23.4 Å². The van der Waals surface area contributed by atoms with Crippen LogP contribution in [0.3, 0.4) is 0 Å². The number of aromatic nitrogens is 2. The molecule has 2 aliphatic rings. The van der Waals surface area contributed by atoms with E-state index in [9.17, 15) is 0 Å². The van der Waals surface area contributed by atoms with Gasteiger partial charge in [0.25, 0.3) is 5.89 Å². The highest BCUT2D eigenvalue weighted by atomic mass is 32.2. The molecule has 0 amide bonds. The molecule has 0 bridgehead atoms. The van der Waals surface area contributed by atoms with Crippen LogP contribution in [0.1, 0.15) is 12.3 Å². The largest absolute Gasteiger partial charge is 0.419 e. The molecule has 2 unspecified atom stereocenters. The smallest absolute Gasteiger partial charge is 0.257 e. The molecule has 0 saturated carbocycles. The van der Waals surface area contributed by atoms with Crippen molar-refractivity contribution in [1.29, 1.82) is 0 Å². The Labute approximate surface area is 131 Å². The van der Waals surface area contributed by atoms with Crippen molar-refractivity contribution in [3.8, 4) is 10.8 Å². The molecular formula is C14H17N3O2S2. The van der Waals surface area contributed by atoms with Crippen LogP contribution in [-0.2, 0) is 11.3 Å². The van der Waals surface area contributed by atoms with Crippen LogP contribution < -0.4 is 0 Å². The van der Waals surface area contributed by atoms with E-state index in [-0.39, 0.29) is 0 Å². The minimum Gasteiger partial charge on any atom is -0.419 e. The van der Waals surface area contributed by atoms with Crippen molar-refractivity contribution in [2.24, 2.45) is 0 Å². The molecule has 4 heterocycles. The molecule has 2 saturated heterocycles. The summed E-state index contributed by atoms with van der Waals surface area (Å²) in [5.41, 5.74) is 0. The van der Waals surface area contributed by atoms with Gasteiger partial charge in [0.05, 0.1) is 18.0 Å². The number of thioether (sulfide) groups is 1. The van der Waals surface area contributed by atoms with Gasteiger partial charge in [-0.1, -0.05) is 6.07 Å². The van der Waals surface area contributed by atoms with Crippen LogP contribution in [-0.4, -0.2) is 51.9 Å². The van der Waals surface area contributed by atoms with E-state index in [2.05, 4.69) is 15.1 Å². The second kappa shape index (κ2) is 6.08. The maximum Gasteiger partial charge on any atom is 0.257 e. The average Bonchev–Trinajstić information content (AvgIpc) is 3.18. The summed E-state index contributed by atoms with van der Waals surface area (Å²) in [7, 11) is 0. The van der Waals surface area contributed by atoms with Crippen molar-refractivity contribution in [2.75, 3.05) is 25.5 Å². The van der Waals surface area contributed by atoms with Crippen LogP contribution in [0.25, 0.3) is 10.8 Å².